The molecule has 0 aliphatic carbocycles. The molecular formula is C19H23N3O. The van der Waals surface area contributed by atoms with Gasteiger partial charge in [-0.1, -0.05) is 30.3 Å². The number of nitrogens with zero attached hydrogens (tertiary/aromatic N) is 3. The van der Waals surface area contributed by atoms with Crippen LogP contribution in [-0.2, 0) is 12.8 Å². The van der Waals surface area contributed by atoms with Gasteiger partial charge in [0.2, 0.25) is 0 Å². The van der Waals surface area contributed by atoms with Crippen molar-refractivity contribution in [2.75, 3.05) is 24.0 Å². The molecule has 0 unspecified atom stereocenters. The molecule has 0 amide bonds. The van der Waals surface area contributed by atoms with Crippen molar-refractivity contribution in [3.8, 4) is 0 Å². The Morgan fingerprint density at radius 1 is 1.13 bits per heavy atom. The third-order valence-corrected chi connectivity index (χ3v) is 4.64. The Morgan fingerprint density at radius 3 is 2.57 bits per heavy atom. The predicted octanol–water partition coefficient (Wildman–Crippen LogP) is 4.19. The maximum Gasteiger partial charge on any atom is 0.0661 e. The number of para-hydroxylation sites is 1. The molecule has 1 atom stereocenters. The summed E-state index contributed by atoms with van der Waals surface area (Å²) in [5.74, 6) is 0. The Morgan fingerprint density at radius 2 is 1.87 bits per heavy atom. The topological polar surface area (TPSA) is 35.9 Å². The second-order valence-electron chi connectivity index (χ2n) is 6.35. The van der Waals surface area contributed by atoms with Crippen LogP contribution in [0.2, 0.25) is 0 Å². The van der Waals surface area contributed by atoms with Gasteiger partial charge in [0.25, 0.3) is 0 Å². The lowest BCUT2D eigenvalue weighted by Crippen LogP contribution is -2.35. The predicted molar refractivity (Wildman–Crippen MR) is 95.9 cm³/mol. The minimum atomic E-state index is 0.191. The van der Waals surface area contributed by atoms with Crippen LogP contribution in [-0.4, -0.2) is 20.1 Å². The van der Waals surface area contributed by atoms with Crippen molar-refractivity contribution in [1.82, 2.24) is 0 Å². The van der Waals surface area contributed by atoms with E-state index < -0.39 is 0 Å². The average molecular weight is 309 g/mol. The van der Waals surface area contributed by atoms with Crippen molar-refractivity contribution in [1.29, 1.82) is 0 Å². The monoisotopic (exact) mass is 309 g/mol. The number of hydrogen-bond donors (Lipinski definition) is 0. The van der Waals surface area contributed by atoms with Gasteiger partial charge in [0.1, 0.15) is 0 Å². The van der Waals surface area contributed by atoms with E-state index in [0.29, 0.717) is 0 Å². The van der Waals surface area contributed by atoms with Crippen LogP contribution in [0.1, 0.15) is 24.0 Å². The third-order valence-electron chi connectivity index (χ3n) is 4.64. The van der Waals surface area contributed by atoms with Gasteiger partial charge in [0.05, 0.1) is 17.0 Å². The number of rotatable bonds is 5. The highest BCUT2D eigenvalue weighted by Gasteiger charge is 2.26. The van der Waals surface area contributed by atoms with E-state index in [1.54, 1.807) is 5.01 Å². The first-order chi connectivity index (χ1) is 11.2. The molecule has 23 heavy (non-hydrogen) atoms. The average Bonchev–Trinajstić information content (AvgIpc) is 2.59. The fourth-order valence-corrected chi connectivity index (χ4v) is 3.26. The Bertz CT molecular complexity index is 667. The van der Waals surface area contributed by atoms with Gasteiger partial charge in [-0.2, -0.15) is 0 Å². The van der Waals surface area contributed by atoms with E-state index in [1.807, 2.05) is 32.3 Å². The summed E-state index contributed by atoms with van der Waals surface area (Å²) in [6.07, 6.45) is 3.92. The molecule has 0 fully saturated rings. The van der Waals surface area contributed by atoms with Gasteiger partial charge in [-0.15, -0.1) is 4.91 Å². The van der Waals surface area contributed by atoms with Gasteiger partial charge in [0.15, 0.2) is 0 Å². The van der Waals surface area contributed by atoms with Crippen molar-refractivity contribution in [3.63, 3.8) is 0 Å². The number of benzene rings is 2. The van der Waals surface area contributed by atoms with Crippen molar-refractivity contribution in [3.05, 3.63) is 64.6 Å². The van der Waals surface area contributed by atoms with E-state index in [9.17, 15) is 4.91 Å². The van der Waals surface area contributed by atoms with Crippen molar-refractivity contribution in [2.45, 2.75) is 31.7 Å². The second-order valence-corrected chi connectivity index (χ2v) is 6.35. The fraction of sp³-hybridized carbons (Fsp3) is 0.368. The summed E-state index contributed by atoms with van der Waals surface area (Å²) in [5, 5.41) is 4.97. The van der Waals surface area contributed by atoms with Crippen molar-refractivity contribution < 1.29 is 0 Å². The number of aryl methyl sites for hydroxylation is 2. The molecule has 0 saturated heterocycles. The zero-order valence-electron chi connectivity index (χ0n) is 13.8. The summed E-state index contributed by atoms with van der Waals surface area (Å²) in [5.41, 5.74) is 4.71. The quantitative estimate of drug-likeness (QED) is 0.777. The molecule has 0 bridgehead atoms. The maximum absolute atomic E-state index is 11.3. The van der Waals surface area contributed by atoms with Gasteiger partial charge in [0, 0.05) is 19.8 Å². The molecule has 0 spiro atoms. The molecule has 0 saturated carbocycles. The summed E-state index contributed by atoms with van der Waals surface area (Å²) in [6.45, 7) is 0. The van der Waals surface area contributed by atoms with Crippen LogP contribution in [0, 0.1) is 4.91 Å². The minimum Gasteiger partial charge on any atom is -0.378 e. The molecule has 3 rings (SSSR count). The lowest BCUT2D eigenvalue weighted by Gasteiger charge is -2.32. The molecule has 0 aromatic heterocycles. The molecular weight excluding hydrogens is 286 g/mol. The minimum absolute atomic E-state index is 0.191. The molecule has 1 aliphatic heterocycles. The lowest BCUT2D eigenvalue weighted by atomic mass is 9.93. The summed E-state index contributed by atoms with van der Waals surface area (Å²) in [7, 11) is 4.09. The smallest absolute Gasteiger partial charge is 0.0661 e. The number of nitroso groups, excluding NO2 is 1. The SMILES string of the molecule is CN(C)c1ccc(CC[C@@H]2CCc3ccccc3N2N=O)cc1. The van der Waals surface area contributed by atoms with Gasteiger partial charge >= 0.3 is 0 Å². The molecule has 1 aliphatic rings. The van der Waals surface area contributed by atoms with Crippen LogP contribution in [0.3, 0.4) is 0 Å². The van der Waals surface area contributed by atoms with Crippen LogP contribution < -0.4 is 9.91 Å². The first-order valence-electron chi connectivity index (χ1n) is 8.15. The molecule has 0 N–H and O–H groups in total. The summed E-state index contributed by atoms with van der Waals surface area (Å²) < 4.78 is 0. The molecule has 120 valence electrons. The van der Waals surface area contributed by atoms with Crippen LogP contribution in [0.25, 0.3) is 0 Å². The Balaban J connectivity index is 1.67. The molecule has 4 nitrogen and oxygen atoms in total. The number of fused-ring (bicyclic) bond motifs is 1. The van der Waals surface area contributed by atoms with E-state index in [4.69, 9.17) is 0 Å². The van der Waals surface area contributed by atoms with E-state index in [2.05, 4.69) is 40.5 Å². The van der Waals surface area contributed by atoms with Crippen molar-refractivity contribution in [2.24, 2.45) is 5.29 Å². The highest BCUT2D eigenvalue weighted by atomic mass is 16.3. The normalized spacial score (nSPS) is 16.8. The van der Waals surface area contributed by atoms with E-state index in [-0.39, 0.29) is 6.04 Å². The van der Waals surface area contributed by atoms with E-state index in [1.165, 1.54) is 16.8 Å². The van der Waals surface area contributed by atoms with Gasteiger partial charge in [-0.05, 0) is 55.0 Å². The first-order valence-corrected chi connectivity index (χ1v) is 8.15. The van der Waals surface area contributed by atoms with Crippen LogP contribution in [0.4, 0.5) is 11.4 Å². The standard InChI is InChI=1S/C19H23N3O/c1-21(2)17-11-7-15(8-12-17)9-13-18-14-10-16-5-3-4-6-19(16)22(18)20-23/h3-8,11-12,18H,9-10,13-14H2,1-2H3/t18-/m1/s1. The molecule has 2 aromatic carbocycles. The molecule has 0 radical (unpaired) electrons. The van der Waals surface area contributed by atoms with Gasteiger partial charge < -0.3 is 4.90 Å². The molecule has 4 heteroatoms. The Kier molecular flexibility index (Phi) is 4.60. The number of hydrogen-bond acceptors (Lipinski definition) is 3. The lowest BCUT2D eigenvalue weighted by molar-refractivity contribution is 0.502. The summed E-state index contributed by atoms with van der Waals surface area (Å²) in [6, 6.07) is 16.9. The van der Waals surface area contributed by atoms with Crippen molar-refractivity contribution >= 4 is 11.4 Å². The van der Waals surface area contributed by atoms with Crippen LogP contribution >= 0.6 is 0 Å². The fourth-order valence-electron chi connectivity index (χ4n) is 3.26. The summed E-state index contributed by atoms with van der Waals surface area (Å²) >= 11 is 0. The Labute approximate surface area is 137 Å². The zero-order chi connectivity index (χ0) is 16.2. The number of anilines is 2. The van der Waals surface area contributed by atoms with Gasteiger partial charge in [-0.3, -0.25) is 0 Å². The molecule has 2 aromatic rings. The highest BCUT2D eigenvalue weighted by Crippen LogP contribution is 2.32. The third kappa shape index (κ3) is 3.36. The Hall–Kier alpha value is -2.36. The zero-order valence-corrected chi connectivity index (χ0v) is 13.8. The van der Waals surface area contributed by atoms with E-state index in [0.717, 1.165) is 31.4 Å². The van der Waals surface area contributed by atoms with E-state index >= 15 is 0 Å². The second kappa shape index (κ2) is 6.82. The highest BCUT2D eigenvalue weighted by molar-refractivity contribution is 5.55. The first kappa shape index (κ1) is 15.5. The van der Waals surface area contributed by atoms with Gasteiger partial charge in [-0.25, -0.2) is 5.01 Å². The van der Waals surface area contributed by atoms with Crippen LogP contribution in [0.15, 0.2) is 53.8 Å². The maximum atomic E-state index is 11.3. The summed E-state index contributed by atoms with van der Waals surface area (Å²) in [4.78, 5) is 13.4. The molecule has 1 heterocycles. The van der Waals surface area contributed by atoms with Crippen LogP contribution in [0.5, 0.6) is 0 Å². The largest absolute Gasteiger partial charge is 0.378 e.